The number of aliphatic hydroxyl groups excluding tert-OH is 1. The molecule has 1 aliphatic heterocycles. The van der Waals surface area contributed by atoms with Gasteiger partial charge in [-0.05, 0) is 19.4 Å². The minimum absolute atomic E-state index is 0.0435. The molecule has 2 aromatic rings. The summed E-state index contributed by atoms with van der Waals surface area (Å²) in [5.41, 5.74) is 7.27. The normalized spacial score (nSPS) is 20.2. The zero-order valence-corrected chi connectivity index (χ0v) is 13.1. The molecule has 0 aliphatic carbocycles. The number of ether oxygens (including phenoxy) is 1. The van der Waals surface area contributed by atoms with Gasteiger partial charge in [0.15, 0.2) is 0 Å². The lowest BCUT2D eigenvalue weighted by atomic mass is 10.2. The molecule has 3 N–H and O–H groups in total. The van der Waals surface area contributed by atoms with Crippen molar-refractivity contribution in [1.29, 1.82) is 0 Å². The van der Waals surface area contributed by atoms with Gasteiger partial charge >= 0.3 is 0 Å². The van der Waals surface area contributed by atoms with Crippen LogP contribution in [0, 0.1) is 13.8 Å². The first-order valence-corrected chi connectivity index (χ1v) is 7.87. The molecule has 3 heterocycles. The predicted molar refractivity (Wildman–Crippen MR) is 83.4 cm³/mol. The summed E-state index contributed by atoms with van der Waals surface area (Å²) >= 11 is 1.66. The topological polar surface area (TPSA) is 84.5 Å². The maximum Gasteiger partial charge on any atom is 0.146 e. The van der Waals surface area contributed by atoms with E-state index in [0.717, 1.165) is 22.6 Å². The van der Waals surface area contributed by atoms with Gasteiger partial charge in [0.2, 0.25) is 0 Å². The van der Waals surface area contributed by atoms with E-state index in [9.17, 15) is 5.11 Å². The van der Waals surface area contributed by atoms with Gasteiger partial charge in [-0.1, -0.05) is 0 Å². The molecule has 0 amide bonds. The van der Waals surface area contributed by atoms with Crippen molar-refractivity contribution >= 4 is 27.4 Å². The fourth-order valence-corrected chi connectivity index (χ4v) is 3.69. The molecule has 3 rings (SSSR count). The molecule has 1 saturated heterocycles. The van der Waals surface area contributed by atoms with E-state index in [4.69, 9.17) is 10.5 Å². The summed E-state index contributed by atoms with van der Waals surface area (Å²) in [6.45, 7) is 6.95. The maximum absolute atomic E-state index is 9.19. The Bertz CT molecular complexity index is 658. The number of thiophene rings is 1. The van der Waals surface area contributed by atoms with Gasteiger partial charge in [-0.2, -0.15) is 0 Å². The zero-order chi connectivity index (χ0) is 15.0. The lowest BCUT2D eigenvalue weighted by Crippen LogP contribution is -2.43. The number of anilines is 1. The molecule has 21 heavy (non-hydrogen) atoms. The lowest BCUT2D eigenvalue weighted by molar-refractivity contribution is -0.0556. The quantitative estimate of drug-likeness (QED) is 0.883. The van der Waals surface area contributed by atoms with E-state index >= 15 is 0 Å². The number of aliphatic hydroxyl groups is 1. The van der Waals surface area contributed by atoms with E-state index in [-0.39, 0.29) is 12.7 Å². The molecule has 0 spiro atoms. The molecular weight excluding hydrogens is 288 g/mol. The number of aryl methyl sites for hydroxylation is 2. The van der Waals surface area contributed by atoms with E-state index in [0.29, 0.717) is 25.5 Å². The third kappa shape index (κ3) is 2.87. The van der Waals surface area contributed by atoms with Crippen molar-refractivity contribution < 1.29 is 9.84 Å². The van der Waals surface area contributed by atoms with Crippen LogP contribution >= 0.6 is 11.3 Å². The number of hydrogen-bond acceptors (Lipinski definition) is 7. The number of rotatable bonds is 3. The molecule has 2 aromatic heterocycles. The van der Waals surface area contributed by atoms with E-state index in [1.54, 1.807) is 11.3 Å². The Balaban J connectivity index is 1.84. The first kappa shape index (κ1) is 14.6. The standard InChI is InChI=1S/C14H20N4O2S/c1-8-9(2)21-14-12(8)13(15)16-11(17-14)6-18-3-4-20-10(5-18)7-19/h10,19H,3-7H2,1-2H3,(H2,15,16,17). The Labute approximate surface area is 127 Å². The Morgan fingerprint density at radius 1 is 1.43 bits per heavy atom. The van der Waals surface area contributed by atoms with Crippen LogP contribution in [0.15, 0.2) is 0 Å². The number of nitrogen functional groups attached to an aromatic ring is 1. The van der Waals surface area contributed by atoms with Crippen LogP contribution < -0.4 is 5.73 Å². The number of aromatic nitrogens is 2. The molecule has 7 heteroatoms. The van der Waals surface area contributed by atoms with Crippen molar-refractivity contribution in [2.24, 2.45) is 0 Å². The van der Waals surface area contributed by atoms with E-state index in [2.05, 4.69) is 28.7 Å². The first-order chi connectivity index (χ1) is 10.1. The highest BCUT2D eigenvalue weighted by molar-refractivity contribution is 7.18. The smallest absolute Gasteiger partial charge is 0.146 e. The Morgan fingerprint density at radius 2 is 2.24 bits per heavy atom. The second-order valence-electron chi connectivity index (χ2n) is 5.40. The highest BCUT2D eigenvalue weighted by Gasteiger charge is 2.21. The van der Waals surface area contributed by atoms with Crippen molar-refractivity contribution in [3.8, 4) is 0 Å². The average molecular weight is 308 g/mol. The lowest BCUT2D eigenvalue weighted by Gasteiger charge is -2.31. The summed E-state index contributed by atoms with van der Waals surface area (Å²) in [5.74, 6) is 1.30. The molecule has 0 bridgehead atoms. The van der Waals surface area contributed by atoms with Gasteiger partial charge in [0.1, 0.15) is 16.5 Å². The minimum atomic E-state index is -0.119. The van der Waals surface area contributed by atoms with Crippen LogP contribution in [0.5, 0.6) is 0 Å². The highest BCUT2D eigenvalue weighted by atomic mass is 32.1. The molecular formula is C14H20N4O2S. The van der Waals surface area contributed by atoms with E-state index in [1.807, 2.05) is 0 Å². The largest absolute Gasteiger partial charge is 0.394 e. The fraction of sp³-hybridized carbons (Fsp3) is 0.571. The van der Waals surface area contributed by atoms with Gasteiger partial charge in [-0.15, -0.1) is 11.3 Å². The van der Waals surface area contributed by atoms with Crippen molar-refractivity contribution in [2.75, 3.05) is 32.0 Å². The highest BCUT2D eigenvalue weighted by Crippen LogP contribution is 2.32. The molecule has 1 unspecified atom stereocenters. The van der Waals surface area contributed by atoms with E-state index in [1.165, 1.54) is 10.4 Å². The van der Waals surface area contributed by atoms with Crippen LogP contribution in [-0.4, -0.2) is 52.4 Å². The van der Waals surface area contributed by atoms with Crippen molar-refractivity contribution in [3.63, 3.8) is 0 Å². The Morgan fingerprint density at radius 3 is 3.00 bits per heavy atom. The number of hydrogen-bond donors (Lipinski definition) is 2. The van der Waals surface area contributed by atoms with Crippen molar-refractivity contribution in [3.05, 3.63) is 16.3 Å². The molecule has 0 radical (unpaired) electrons. The predicted octanol–water partition coefficient (Wildman–Crippen LogP) is 1.08. The van der Waals surface area contributed by atoms with Crippen molar-refractivity contribution in [2.45, 2.75) is 26.5 Å². The molecule has 6 nitrogen and oxygen atoms in total. The molecule has 0 aromatic carbocycles. The van der Waals surface area contributed by atoms with Crippen LogP contribution in [0.4, 0.5) is 5.82 Å². The average Bonchev–Trinajstić information content (AvgIpc) is 2.74. The summed E-state index contributed by atoms with van der Waals surface area (Å²) in [7, 11) is 0. The minimum Gasteiger partial charge on any atom is -0.394 e. The fourth-order valence-electron chi connectivity index (χ4n) is 2.63. The van der Waals surface area contributed by atoms with Gasteiger partial charge in [0, 0.05) is 18.0 Å². The molecule has 1 fully saturated rings. The van der Waals surface area contributed by atoms with Gasteiger partial charge in [-0.25, -0.2) is 9.97 Å². The summed E-state index contributed by atoms with van der Waals surface area (Å²) in [5, 5.41) is 10.2. The third-order valence-corrected chi connectivity index (χ3v) is 5.00. The van der Waals surface area contributed by atoms with Gasteiger partial charge in [-0.3, -0.25) is 4.90 Å². The summed E-state index contributed by atoms with van der Waals surface area (Å²) in [6, 6.07) is 0. The Kier molecular flexibility index (Phi) is 4.08. The van der Waals surface area contributed by atoms with Crippen LogP contribution in [-0.2, 0) is 11.3 Å². The van der Waals surface area contributed by atoms with Crippen LogP contribution in [0.3, 0.4) is 0 Å². The first-order valence-electron chi connectivity index (χ1n) is 7.05. The molecule has 1 atom stereocenters. The maximum atomic E-state index is 9.19. The van der Waals surface area contributed by atoms with Gasteiger partial charge in [0.05, 0.1) is 31.2 Å². The SMILES string of the molecule is Cc1sc2nc(CN3CCOC(CO)C3)nc(N)c2c1C. The number of fused-ring (bicyclic) bond motifs is 1. The Hall–Kier alpha value is -1.28. The number of morpholine rings is 1. The van der Waals surface area contributed by atoms with Crippen LogP contribution in [0.25, 0.3) is 10.2 Å². The summed E-state index contributed by atoms with van der Waals surface area (Å²) in [6.07, 6.45) is -0.119. The third-order valence-electron chi connectivity index (χ3n) is 3.89. The summed E-state index contributed by atoms with van der Waals surface area (Å²) in [4.78, 5) is 13.5. The van der Waals surface area contributed by atoms with Crippen LogP contribution in [0.2, 0.25) is 0 Å². The monoisotopic (exact) mass is 308 g/mol. The molecule has 114 valence electrons. The zero-order valence-electron chi connectivity index (χ0n) is 12.3. The molecule has 0 saturated carbocycles. The van der Waals surface area contributed by atoms with Gasteiger partial charge in [0.25, 0.3) is 0 Å². The number of nitrogens with zero attached hydrogens (tertiary/aromatic N) is 3. The second-order valence-corrected chi connectivity index (χ2v) is 6.60. The van der Waals surface area contributed by atoms with Crippen LogP contribution in [0.1, 0.15) is 16.3 Å². The number of nitrogens with two attached hydrogens (primary N) is 1. The van der Waals surface area contributed by atoms with Gasteiger partial charge < -0.3 is 15.6 Å². The van der Waals surface area contributed by atoms with Crippen molar-refractivity contribution in [1.82, 2.24) is 14.9 Å². The summed E-state index contributed by atoms with van der Waals surface area (Å²) < 4.78 is 5.45. The second kappa shape index (κ2) is 5.84. The molecule has 1 aliphatic rings. The van der Waals surface area contributed by atoms with E-state index < -0.39 is 0 Å².